The van der Waals surface area contributed by atoms with Crippen LogP contribution >= 0.6 is 0 Å². The van der Waals surface area contributed by atoms with Gasteiger partial charge in [0.25, 0.3) is 0 Å². The maximum Gasteiger partial charge on any atom is 0.317 e. The largest absolute Gasteiger partial charge is 0.480 e. The summed E-state index contributed by atoms with van der Waals surface area (Å²) in [5, 5.41) is 8.90. The minimum absolute atomic E-state index is 0.196. The molecule has 1 heterocycles. The third-order valence-corrected chi connectivity index (χ3v) is 4.87. The van der Waals surface area contributed by atoms with Gasteiger partial charge < -0.3 is 5.11 Å². The lowest BCUT2D eigenvalue weighted by Crippen LogP contribution is -2.48. The lowest BCUT2D eigenvalue weighted by atomic mass is 9.72. The number of aliphatic carboxylic acids is 1. The summed E-state index contributed by atoms with van der Waals surface area (Å²) in [4.78, 5) is 15.5. The predicted molar refractivity (Wildman–Crippen MR) is 76.3 cm³/mol. The molecule has 0 bridgehead atoms. The summed E-state index contributed by atoms with van der Waals surface area (Å²) in [7, 11) is 0. The fourth-order valence-corrected chi connectivity index (χ4v) is 3.80. The summed E-state index contributed by atoms with van der Waals surface area (Å²) >= 11 is 0. The van der Waals surface area contributed by atoms with Crippen LogP contribution in [0.15, 0.2) is 0 Å². The molecule has 0 aromatic heterocycles. The second-order valence-corrected chi connectivity index (χ2v) is 6.81. The summed E-state index contributed by atoms with van der Waals surface area (Å²) < 4.78 is 0. The van der Waals surface area contributed by atoms with Crippen molar-refractivity contribution in [2.75, 3.05) is 32.7 Å². The molecule has 1 N–H and O–H groups in total. The maximum absolute atomic E-state index is 10.8. The van der Waals surface area contributed by atoms with Crippen molar-refractivity contribution in [2.24, 2.45) is 5.41 Å². The van der Waals surface area contributed by atoms with Crippen LogP contribution in [-0.2, 0) is 4.79 Å². The topological polar surface area (TPSA) is 43.8 Å². The Morgan fingerprint density at radius 2 is 1.95 bits per heavy atom. The van der Waals surface area contributed by atoms with Crippen LogP contribution in [0.25, 0.3) is 0 Å². The number of hydrogen-bond acceptors (Lipinski definition) is 3. The van der Waals surface area contributed by atoms with E-state index in [2.05, 4.69) is 23.6 Å². The van der Waals surface area contributed by atoms with Crippen LogP contribution in [0.3, 0.4) is 0 Å². The molecule has 19 heavy (non-hydrogen) atoms. The van der Waals surface area contributed by atoms with Crippen molar-refractivity contribution in [2.45, 2.75) is 52.0 Å². The molecule has 0 aromatic rings. The summed E-state index contributed by atoms with van der Waals surface area (Å²) in [6.45, 7) is 8.98. The summed E-state index contributed by atoms with van der Waals surface area (Å²) in [5.74, 6) is -0.702. The number of nitrogens with zero attached hydrogens (tertiary/aromatic N) is 2. The normalized spacial score (nSPS) is 29.9. The number of carboxylic acids is 1. The summed E-state index contributed by atoms with van der Waals surface area (Å²) in [6.07, 6.45) is 6.45. The van der Waals surface area contributed by atoms with E-state index in [0.29, 0.717) is 11.5 Å². The Balaban J connectivity index is 1.93. The Morgan fingerprint density at radius 1 is 1.16 bits per heavy atom. The fraction of sp³-hybridized carbons (Fsp3) is 0.933. The molecule has 110 valence electrons. The highest BCUT2D eigenvalue weighted by Crippen LogP contribution is 2.38. The monoisotopic (exact) mass is 268 g/mol. The molecule has 4 nitrogen and oxygen atoms in total. The molecule has 1 aliphatic heterocycles. The third kappa shape index (κ3) is 3.93. The van der Waals surface area contributed by atoms with E-state index in [1.807, 2.05) is 0 Å². The second kappa shape index (κ2) is 6.23. The summed E-state index contributed by atoms with van der Waals surface area (Å²) in [5.41, 5.74) is 0.417. The van der Waals surface area contributed by atoms with Crippen molar-refractivity contribution in [1.82, 2.24) is 9.80 Å². The van der Waals surface area contributed by atoms with Gasteiger partial charge in [0.2, 0.25) is 0 Å². The van der Waals surface area contributed by atoms with E-state index in [9.17, 15) is 4.79 Å². The van der Waals surface area contributed by atoms with Crippen LogP contribution in [0.2, 0.25) is 0 Å². The van der Waals surface area contributed by atoms with E-state index in [1.54, 1.807) is 0 Å². The van der Waals surface area contributed by atoms with Crippen LogP contribution in [0.4, 0.5) is 0 Å². The SMILES string of the molecule is CC1(C)CCCCC1N1CCCN(CC(=O)O)CC1. The van der Waals surface area contributed by atoms with Gasteiger partial charge in [0.05, 0.1) is 6.54 Å². The van der Waals surface area contributed by atoms with Crippen LogP contribution in [0.5, 0.6) is 0 Å². The van der Waals surface area contributed by atoms with E-state index in [1.165, 1.54) is 25.7 Å². The van der Waals surface area contributed by atoms with Crippen molar-refractivity contribution >= 4 is 5.97 Å². The molecule has 2 fully saturated rings. The van der Waals surface area contributed by atoms with Gasteiger partial charge in [0.15, 0.2) is 0 Å². The average Bonchev–Trinajstić information content (AvgIpc) is 2.53. The Morgan fingerprint density at radius 3 is 2.63 bits per heavy atom. The molecule has 1 saturated heterocycles. The van der Waals surface area contributed by atoms with E-state index >= 15 is 0 Å². The maximum atomic E-state index is 10.8. The Labute approximate surface area is 116 Å². The van der Waals surface area contributed by atoms with Crippen LogP contribution in [0.1, 0.15) is 46.0 Å². The molecule has 0 radical (unpaired) electrons. The molecule has 2 rings (SSSR count). The molecule has 0 amide bonds. The minimum atomic E-state index is -0.702. The lowest BCUT2D eigenvalue weighted by Gasteiger charge is -2.45. The highest BCUT2D eigenvalue weighted by molar-refractivity contribution is 5.69. The van der Waals surface area contributed by atoms with Gasteiger partial charge in [0.1, 0.15) is 0 Å². The lowest BCUT2D eigenvalue weighted by molar-refractivity contribution is -0.138. The predicted octanol–water partition coefficient (Wildman–Crippen LogP) is 2.05. The molecule has 0 aromatic carbocycles. The van der Waals surface area contributed by atoms with E-state index < -0.39 is 5.97 Å². The van der Waals surface area contributed by atoms with Gasteiger partial charge in [-0.05, 0) is 31.2 Å². The van der Waals surface area contributed by atoms with Crippen molar-refractivity contribution in [3.05, 3.63) is 0 Å². The van der Waals surface area contributed by atoms with Gasteiger partial charge in [0, 0.05) is 25.7 Å². The summed E-state index contributed by atoms with van der Waals surface area (Å²) in [6, 6.07) is 0.686. The average molecular weight is 268 g/mol. The zero-order valence-electron chi connectivity index (χ0n) is 12.4. The fourth-order valence-electron chi connectivity index (χ4n) is 3.80. The smallest absolute Gasteiger partial charge is 0.317 e. The minimum Gasteiger partial charge on any atom is -0.480 e. The van der Waals surface area contributed by atoms with Crippen molar-refractivity contribution < 1.29 is 9.90 Å². The molecule has 1 atom stereocenters. The molecule has 2 aliphatic rings. The standard InChI is InChI=1S/C15H28N2O2/c1-15(2)7-4-3-6-13(15)17-9-5-8-16(10-11-17)12-14(18)19/h13H,3-12H2,1-2H3,(H,18,19). The Kier molecular flexibility index (Phi) is 4.85. The molecular weight excluding hydrogens is 240 g/mol. The van der Waals surface area contributed by atoms with Gasteiger partial charge in [-0.3, -0.25) is 14.6 Å². The van der Waals surface area contributed by atoms with E-state index in [0.717, 1.165) is 32.6 Å². The quantitative estimate of drug-likeness (QED) is 0.851. The van der Waals surface area contributed by atoms with E-state index in [-0.39, 0.29) is 6.54 Å². The van der Waals surface area contributed by atoms with E-state index in [4.69, 9.17) is 5.11 Å². The third-order valence-electron chi connectivity index (χ3n) is 4.87. The van der Waals surface area contributed by atoms with Crippen LogP contribution in [-0.4, -0.2) is 59.6 Å². The van der Waals surface area contributed by atoms with Gasteiger partial charge in [-0.1, -0.05) is 26.7 Å². The first-order valence-electron chi connectivity index (χ1n) is 7.67. The van der Waals surface area contributed by atoms with Crippen molar-refractivity contribution in [3.63, 3.8) is 0 Å². The Hall–Kier alpha value is -0.610. The van der Waals surface area contributed by atoms with Crippen molar-refractivity contribution in [1.29, 1.82) is 0 Å². The van der Waals surface area contributed by atoms with Crippen LogP contribution < -0.4 is 0 Å². The zero-order valence-corrected chi connectivity index (χ0v) is 12.4. The van der Waals surface area contributed by atoms with Crippen LogP contribution in [0, 0.1) is 5.41 Å². The number of carboxylic acid groups (broad SMARTS) is 1. The molecule has 1 saturated carbocycles. The number of rotatable bonds is 3. The van der Waals surface area contributed by atoms with Gasteiger partial charge in [-0.2, -0.15) is 0 Å². The van der Waals surface area contributed by atoms with Gasteiger partial charge >= 0.3 is 5.97 Å². The zero-order chi connectivity index (χ0) is 13.9. The number of hydrogen-bond donors (Lipinski definition) is 1. The highest BCUT2D eigenvalue weighted by Gasteiger charge is 2.36. The molecule has 0 spiro atoms. The highest BCUT2D eigenvalue weighted by atomic mass is 16.4. The Bertz CT molecular complexity index is 317. The molecule has 1 unspecified atom stereocenters. The second-order valence-electron chi connectivity index (χ2n) is 6.81. The first kappa shape index (κ1) is 14.8. The first-order valence-corrected chi connectivity index (χ1v) is 7.67. The first-order chi connectivity index (χ1) is 8.99. The van der Waals surface area contributed by atoms with Gasteiger partial charge in [-0.15, -0.1) is 0 Å². The number of carbonyl (C=O) groups is 1. The molecule has 4 heteroatoms. The molecular formula is C15H28N2O2. The van der Waals surface area contributed by atoms with Crippen molar-refractivity contribution in [3.8, 4) is 0 Å². The molecule has 1 aliphatic carbocycles. The van der Waals surface area contributed by atoms with Gasteiger partial charge in [-0.25, -0.2) is 0 Å².